The molecule has 0 aliphatic carbocycles. The smallest absolute Gasteiger partial charge is 0.262 e. The average Bonchev–Trinajstić information content (AvgIpc) is 2.67. The molecule has 3 rings (SSSR count). The normalized spacial score (nSPS) is 11.4. The monoisotopic (exact) mass is 428 g/mol. The van der Waals surface area contributed by atoms with Crippen LogP contribution < -0.4 is 5.56 Å². The van der Waals surface area contributed by atoms with Crippen molar-refractivity contribution in [1.82, 2.24) is 9.55 Å². The predicted molar refractivity (Wildman–Crippen MR) is 121 cm³/mol. The molecule has 0 atom stereocenters. The van der Waals surface area contributed by atoms with Gasteiger partial charge in [-0.1, -0.05) is 54.9 Å². The lowest BCUT2D eigenvalue weighted by molar-refractivity contribution is 0.102. The van der Waals surface area contributed by atoms with Crippen LogP contribution in [0.25, 0.3) is 10.9 Å². The molecule has 1 heterocycles. The zero-order valence-electron chi connectivity index (χ0n) is 17.2. The first-order valence-electron chi connectivity index (χ1n) is 9.69. The standard InChI is InChI=1S/C23H25ClN2O2S/c1-14(2)9-10-26-22(28)18-8-7-17(24)12-20(18)25-23(26)29-13-21(27)19-11-15(3)5-6-16(19)4/h5-8,11-12,14H,9-10,13H2,1-4H3. The number of nitrogens with zero attached hydrogens (tertiary/aromatic N) is 2. The highest BCUT2D eigenvalue weighted by Crippen LogP contribution is 2.23. The Hall–Kier alpha value is -2.11. The molecule has 3 aromatic rings. The van der Waals surface area contributed by atoms with Gasteiger partial charge < -0.3 is 0 Å². The number of Topliss-reactive ketones (excluding diaryl/α,β-unsaturated/α-hetero) is 1. The Bertz CT molecular complexity index is 1120. The molecule has 1 aromatic heterocycles. The van der Waals surface area contributed by atoms with E-state index in [4.69, 9.17) is 11.6 Å². The van der Waals surface area contributed by atoms with Crippen molar-refractivity contribution in [3.8, 4) is 0 Å². The van der Waals surface area contributed by atoms with E-state index in [1.54, 1.807) is 22.8 Å². The van der Waals surface area contributed by atoms with E-state index in [2.05, 4.69) is 18.8 Å². The Labute approximate surface area is 180 Å². The highest BCUT2D eigenvalue weighted by atomic mass is 35.5. The quantitative estimate of drug-likeness (QED) is 0.275. The summed E-state index contributed by atoms with van der Waals surface area (Å²) in [6.45, 7) is 8.72. The number of rotatable bonds is 7. The van der Waals surface area contributed by atoms with E-state index in [9.17, 15) is 9.59 Å². The number of hydrogen-bond acceptors (Lipinski definition) is 4. The maximum Gasteiger partial charge on any atom is 0.262 e. The van der Waals surface area contributed by atoms with Crippen molar-refractivity contribution in [3.05, 3.63) is 68.5 Å². The van der Waals surface area contributed by atoms with Crippen molar-refractivity contribution in [1.29, 1.82) is 0 Å². The lowest BCUT2D eigenvalue weighted by Crippen LogP contribution is -2.24. The molecular weight excluding hydrogens is 404 g/mol. The van der Waals surface area contributed by atoms with E-state index in [0.29, 0.717) is 33.5 Å². The van der Waals surface area contributed by atoms with Gasteiger partial charge in [-0.15, -0.1) is 0 Å². The summed E-state index contributed by atoms with van der Waals surface area (Å²) in [5, 5.41) is 1.64. The fraction of sp³-hybridized carbons (Fsp3) is 0.348. The van der Waals surface area contributed by atoms with Gasteiger partial charge in [-0.3, -0.25) is 14.2 Å². The first-order valence-corrected chi connectivity index (χ1v) is 11.1. The van der Waals surface area contributed by atoms with Crippen molar-refractivity contribution < 1.29 is 4.79 Å². The van der Waals surface area contributed by atoms with Gasteiger partial charge in [0, 0.05) is 17.1 Å². The SMILES string of the molecule is Cc1ccc(C)c(C(=O)CSc2nc3cc(Cl)ccc3c(=O)n2CCC(C)C)c1. The molecule has 6 heteroatoms. The van der Waals surface area contributed by atoms with Gasteiger partial charge in [0.25, 0.3) is 5.56 Å². The van der Waals surface area contributed by atoms with Crippen molar-refractivity contribution in [2.75, 3.05) is 5.75 Å². The number of hydrogen-bond donors (Lipinski definition) is 0. The van der Waals surface area contributed by atoms with Gasteiger partial charge in [-0.25, -0.2) is 4.98 Å². The molecule has 0 spiro atoms. The lowest BCUT2D eigenvalue weighted by Gasteiger charge is -2.14. The Balaban J connectivity index is 1.95. The van der Waals surface area contributed by atoms with Crippen molar-refractivity contribution >= 4 is 40.0 Å². The van der Waals surface area contributed by atoms with Crippen LogP contribution in [0.2, 0.25) is 5.02 Å². The zero-order valence-corrected chi connectivity index (χ0v) is 18.7. The van der Waals surface area contributed by atoms with Crippen molar-refractivity contribution in [2.24, 2.45) is 5.92 Å². The number of carbonyl (C=O) groups is 1. The third-order valence-electron chi connectivity index (χ3n) is 4.84. The van der Waals surface area contributed by atoms with Gasteiger partial charge in [0.05, 0.1) is 16.7 Å². The number of ketones is 1. The summed E-state index contributed by atoms with van der Waals surface area (Å²) in [5.74, 6) is 0.717. The number of benzene rings is 2. The lowest BCUT2D eigenvalue weighted by atomic mass is 10.0. The molecule has 0 aliphatic heterocycles. The van der Waals surface area contributed by atoms with Gasteiger partial charge in [-0.2, -0.15) is 0 Å². The maximum absolute atomic E-state index is 13.1. The average molecular weight is 429 g/mol. The molecule has 2 aromatic carbocycles. The minimum Gasteiger partial charge on any atom is -0.293 e. The molecule has 29 heavy (non-hydrogen) atoms. The fourth-order valence-corrected chi connectivity index (χ4v) is 4.19. The van der Waals surface area contributed by atoms with Crippen LogP contribution in [0.5, 0.6) is 0 Å². The van der Waals surface area contributed by atoms with Crippen LogP contribution in [0.15, 0.2) is 46.3 Å². The zero-order chi connectivity index (χ0) is 21.1. The van der Waals surface area contributed by atoms with Gasteiger partial charge in [0.1, 0.15) is 0 Å². The fourth-order valence-electron chi connectivity index (χ4n) is 3.11. The van der Waals surface area contributed by atoms with Crippen molar-refractivity contribution in [3.63, 3.8) is 0 Å². The second-order valence-electron chi connectivity index (χ2n) is 7.73. The van der Waals surface area contributed by atoms with Crippen molar-refractivity contribution in [2.45, 2.75) is 45.8 Å². The molecule has 0 fully saturated rings. The minimum atomic E-state index is -0.0889. The molecule has 152 valence electrons. The van der Waals surface area contributed by atoms with Crippen LogP contribution >= 0.6 is 23.4 Å². The summed E-state index contributed by atoms with van der Waals surface area (Å²) < 4.78 is 1.69. The molecule has 0 N–H and O–H groups in total. The maximum atomic E-state index is 13.1. The summed E-state index contributed by atoms with van der Waals surface area (Å²) in [5.41, 5.74) is 3.20. The first kappa shape index (κ1) is 21.6. The molecule has 0 saturated carbocycles. The largest absolute Gasteiger partial charge is 0.293 e. The molecule has 0 bridgehead atoms. The van der Waals surface area contributed by atoms with Crippen LogP contribution in [0.1, 0.15) is 41.8 Å². The van der Waals surface area contributed by atoms with Crippen LogP contribution in [-0.4, -0.2) is 21.1 Å². The number of aromatic nitrogens is 2. The summed E-state index contributed by atoms with van der Waals surface area (Å²) >= 11 is 7.41. The third kappa shape index (κ3) is 5.09. The minimum absolute atomic E-state index is 0.0343. The molecule has 4 nitrogen and oxygen atoms in total. The number of carbonyl (C=O) groups excluding carboxylic acids is 1. The predicted octanol–water partition coefficient (Wildman–Crippen LogP) is 5.69. The number of fused-ring (bicyclic) bond motifs is 1. The third-order valence-corrected chi connectivity index (χ3v) is 6.05. The van der Waals surface area contributed by atoms with Gasteiger partial charge in [0.2, 0.25) is 0 Å². The number of aryl methyl sites for hydroxylation is 2. The van der Waals surface area contributed by atoms with E-state index < -0.39 is 0 Å². The van der Waals surface area contributed by atoms with Crippen LogP contribution in [0.3, 0.4) is 0 Å². The second-order valence-corrected chi connectivity index (χ2v) is 9.10. The summed E-state index contributed by atoms with van der Waals surface area (Å²) in [7, 11) is 0. The molecule has 0 saturated heterocycles. The Morgan fingerprint density at radius 2 is 1.93 bits per heavy atom. The van der Waals surface area contributed by atoms with E-state index in [-0.39, 0.29) is 17.1 Å². The van der Waals surface area contributed by atoms with Gasteiger partial charge >= 0.3 is 0 Å². The highest BCUT2D eigenvalue weighted by molar-refractivity contribution is 7.99. The summed E-state index contributed by atoms with van der Waals surface area (Å²) in [6, 6.07) is 11.0. The van der Waals surface area contributed by atoms with E-state index in [0.717, 1.165) is 23.1 Å². The van der Waals surface area contributed by atoms with Gasteiger partial charge in [0.15, 0.2) is 10.9 Å². The Kier molecular flexibility index (Phi) is 6.81. The highest BCUT2D eigenvalue weighted by Gasteiger charge is 2.16. The van der Waals surface area contributed by atoms with Crippen LogP contribution in [0, 0.1) is 19.8 Å². The number of thioether (sulfide) groups is 1. The van der Waals surface area contributed by atoms with Crippen LogP contribution in [0.4, 0.5) is 0 Å². The van der Waals surface area contributed by atoms with Crippen LogP contribution in [-0.2, 0) is 6.54 Å². The summed E-state index contributed by atoms with van der Waals surface area (Å²) in [4.78, 5) is 30.6. The van der Waals surface area contributed by atoms with Gasteiger partial charge in [-0.05, 0) is 56.0 Å². The van der Waals surface area contributed by atoms with E-state index >= 15 is 0 Å². The Morgan fingerprint density at radius 3 is 2.66 bits per heavy atom. The summed E-state index contributed by atoms with van der Waals surface area (Å²) in [6.07, 6.45) is 0.860. The number of halogens is 1. The molecule has 0 unspecified atom stereocenters. The molecule has 0 aliphatic rings. The first-order chi connectivity index (χ1) is 13.8. The molecular formula is C23H25ClN2O2S. The molecule has 0 amide bonds. The molecule has 0 radical (unpaired) electrons. The van der Waals surface area contributed by atoms with E-state index in [1.807, 2.05) is 32.0 Å². The second kappa shape index (κ2) is 9.14. The Morgan fingerprint density at radius 1 is 1.17 bits per heavy atom. The topological polar surface area (TPSA) is 52.0 Å². The van der Waals surface area contributed by atoms with E-state index in [1.165, 1.54) is 11.8 Å².